The van der Waals surface area contributed by atoms with Crippen LogP contribution in [0.25, 0.3) is 0 Å². The first-order valence-electron chi connectivity index (χ1n) is 9.24. The van der Waals surface area contributed by atoms with Crippen molar-refractivity contribution in [2.75, 3.05) is 52.4 Å². The van der Waals surface area contributed by atoms with Gasteiger partial charge in [-0.1, -0.05) is 20.3 Å². The van der Waals surface area contributed by atoms with E-state index in [0.717, 1.165) is 13.1 Å². The first-order valence-corrected chi connectivity index (χ1v) is 9.24. The molecule has 4 heteroatoms. The molecule has 0 amide bonds. The average Bonchev–Trinajstić information content (AvgIpc) is 2.50. The summed E-state index contributed by atoms with van der Waals surface area (Å²) in [7, 11) is 0. The fraction of sp³-hybridized carbons (Fsp3) is 1.00. The van der Waals surface area contributed by atoms with Crippen LogP contribution in [0.5, 0.6) is 0 Å². The van der Waals surface area contributed by atoms with Crippen LogP contribution in [0.4, 0.5) is 0 Å². The third-order valence-corrected chi connectivity index (χ3v) is 3.62. The van der Waals surface area contributed by atoms with E-state index in [9.17, 15) is 0 Å². The fourth-order valence-electron chi connectivity index (χ4n) is 2.28. The number of hydrogen-bond donors (Lipinski definition) is 4. The zero-order chi connectivity index (χ0) is 15.4. The van der Waals surface area contributed by atoms with Gasteiger partial charge in [0.2, 0.25) is 0 Å². The van der Waals surface area contributed by atoms with E-state index in [-0.39, 0.29) is 0 Å². The molecule has 128 valence electrons. The van der Waals surface area contributed by atoms with Crippen LogP contribution in [0.3, 0.4) is 0 Å². The predicted molar refractivity (Wildman–Crippen MR) is 95.1 cm³/mol. The molecule has 0 aromatic carbocycles. The van der Waals surface area contributed by atoms with Crippen molar-refractivity contribution in [3.8, 4) is 0 Å². The van der Waals surface area contributed by atoms with Gasteiger partial charge in [0.15, 0.2) is 0 Å². The number of unbranched alkanes of at least 4 members (excludes halogenated alkanes) is 4. The van der Waals surface area contributed by atoms with Gasteiger partial charge in [0.25, 0.3) is 0 Å². The maximum absolute atomic E-state index is 3.54. The molecule has 0 aliphatic rings. The highest BCUT2D eigenvalue weighted by molar-refractivity contribution is 4.54. The summed E-state index contributed by atoms with van der Waals surface area (Å²) in [6, 6.07) is 0. The number of hydrogen-bond acceptors (Lipinski definition) is 4. The monoisotopic (exact) mass is 300 g/mol. The van der Waals surface area contributed by atoms with Crippen LogP contribution in [0.2, 0.25) is 0 Å². The quantitative estimate of drug-likeness (QED) is 0.293. The number of rotatable bonds is 18. The Morgan fingerprint density at radius 3 is 1.00 bits per heavy atom. The molecule has 0 rings (SSSR count). The molecule has 0 aliphatic heterocycles. The van der Waals surface area contributed by atoms with Crippen molar-refractivity contribution < 1.29 is 0 Å². The molecule has 0 saturated heterocycles. The molecule has 0 heterocycles. The summed E-state index contributed by atoms with van der Waals surface area (Å²) < 4.78 is 0. The smallest absolute Gasteiger partial charge is 0.00484 e. The van der Waals surface area contributed by atoms with Crippen LogP contribution in [0, 0.1) is 0 Å². The maximum atomic E-state index is 3.54. The van der Waals surface area contributed by atoms with E-state index in [1.54, 1.807) is 0 Å². The summed E-state index contributed by atoms with van der Waals surface area (Å²) in [5.74, 6) is 0. The lowest BCUT2D eigenvalue weighted by atomic mass is 10.2. The topological polar surface area (TPSA) is 48.1 Å². The van der Waals surface area contributed by atoms with Crippen LogP contribution in [-0.4, -0.2) is 52.4 Å². The Morgan fingerprint density at radius 1 is 0.381 bits per heavy atom. The van der Waals surface area contributed by atoms with Crippen molar-refractivity contribution in [3.05, 3.63) is 0 Å². The Kier molecular flexibility index (Phi) is 19.7. The Balaban J connectivity index is 2.90. The molecule has 0 atom stereocenters. The Bertz CT molecular complexity index is 158. The predicted octanol–water partition coefficient (Wildman–Crippen LogP) is 2.12. The Morgan fingerprint density at radius 2 is 0.667 bits per heavy atom. The lowest BCUT2D eigenvalue weighted by Crippen LogP contribution is -2.21. The van der Waals surface area contributed by atoms with E-state index in [1.165, 1.54) is 84.2 Å². The molecule has 0 unspecified atom stereocenters. The zero-order valence-electron chi connectivity index (χ0n) is 14.6. The van der Waals surface area contributed by atoms with Gasteiger partial charge in [-0.25, -0.2) is 0 Å². The minimum Gasteiger partial charge on any atom is -0.317 e. The minimum absolute atomic E-state index is 1.09. The van der Waals surface area contributed by atoms with E-state index in [2.05, 4.69) is 35.1 Å². The molecule has 0 radical (unpaired) electrons. The second kappa shape index (κ2) is 19.8. The molecule has 0 saturated carbocycles. The Labute approximate surface area is 133 Å². The van der Waals surface area contributed by atoms with Crippen molar-refractivity contribution in [1.82, 2.24) is 21.3 Å². The van der Waals surface area contributed by atoms with E-state index in [4.69, 9.17) is 0 Å². The van der Waals surface area contributed by atoms with Crippen LogP contribution >= 0.6 is 0 Å². The largest absolute Gasteiger partial charge is 0.317 e. The van der Waals surface area contributed by atoms with Crippen molar-refractivity contribution in [2.45, 2.75) is 58.8 Å². The maximum Gasteiger partial charge on any atom is -0.00484 e. The molecule has 0 fully saturated rings. The summed E-state index contributed by atoms with van der Waals surface area (Å²) in [5, 5.41) is 13.8. The normalized spacial score (nSPS) is 11.1. The van der Waals surface area contributed by atoms with Crippen LogP contribution in [-0.2, 0) is 0 Å². The highest BCUT2D eigenvalue weighted by Gasteiger charge is 1.92. The van der Waals surface area contributed by atoms with Gasteiger partial charge in [0, 0.05) is 0 Å². The van der Waals surface area contributed by atoms with Gasteiger partial charge in [-0.2, -0.15) is 0 Å². The third-order valence-electron chi connectivity index (χ3n) is 3.62. The molecular formula is C17H40N4. The molecule has 0 aromatic rings. The van der Waals surface area contributed by atoms with Crippen molar-refractivity contribution in [2.24, 2.45) is 0 Å². The molecule has 0 bridgehead atoms. The lowest BCUT2D eigenvalue weighted by molar-refractivity contribution is 0.541. The van der Waals surface area contributed by atoms with Crippen LogP contribution < -0.4 is 21.3 Å². The molecule has 0 spiro atoms. The second-order valence-electron chi connectivity index (χ2n) is 5.68. The zero-order valence-corrected chi connectivity index (χ0v) is 14.6. The van der Waals surface area contributed by atoms with Gasteiger partial charge in [-0.05, 0) is 90.9 Å². The van der Waals surface area contributed by atoms with Gasteiger partial charge < -0.3 is 21.3 Å². The van der Waals surface area contributed by atoms with E-state index < -0.39 is 0 Å². The van der Waals surface area contributed by atoms with Gasteiger partial charge in [-0.3, -0.25) is 0 Å². The molecule has 0 aliphatic carbocycles. The van der Waals surface area contributed by atoms with Gasteiger partial charge in [0.1, 0.15) is 0 Å². The first-order chi connectivity index (χ1) is 10.4. The van der Waals surface area contributed by atoms with Crippen LogP contribution in [0.15, 0.2) is 0 Å². The highest BCUT2D eigenvalue weighted by atomic mass is 14.9. The summed E-state index contributed by atoms with van der Waals surface area (Å²) in [6.45, 7) is 13.6. The lowest BCUT2D eigenvalue weighted by Gasteiger charge is -2.06. The second-order valence-corrected chi connectivity index (χ2v) is 5.68. The molecule has 21 heavy (non-hydrogen) atoms. The molecule has 4 nitrogen and oxygen atoms in total. The van der Waals surface area contributed by atoms with E-state index in [1.807, 2.05) is 0 Å². The SMILES string of the molecule is CCNCCCCNCCCCCNCCCCNCC. The summed E-state index contributed by atoms with van der Waals surface area (Å²) >= 11 is 0. The van der Waals surface area contributed by atoms with Gasteiger partial charge in [-0.15, -0.1) is 0 Å². The minimum atomic E-state index is 1.09. The number of nitrogens with one attached hydrogen (secondary N) is 4. The van der Waals surface area contributed by atoms with Crippen molar-refractivity contribution in [1.29, 1.82) is 0 Å². The van der Waals surface area contributed by atoms with Gasteiger partial charge in [0.05, 0.1) is 0 Å². The van der Waals surface area contributed by atoms with Crippen LogP contribution in [0.1, 0.15) is 58.8 Å². The van der Waals surface area contributed by atoms with Gasteiger partial charge >= 0.3 is 0 Å². The summed E-state index contributed by atoms with van der Waals surface area (Å²) in [5.41, 5.74) is 0. The average molecular weight is 301 g/mol. The standard InChI is InChI=1S/C17H40N4/c1-3-18-12-8-10-16-20-14-6-5-7-15-21-17-11-9-13-19-4-2/h18-21H,3-17H2,1-2H3. The van der Waals surface area contributed by atoms with Crippen molar-refractivity contribution in [3.63, 3.8) is 0 Å². The fourth-order valence-corrected chi connectivity index (χ4v) is 2.28. The van der Waals surface area contributed by atoms with Crippen molar-refractivity contribution >= 4 is 0 Å². The van der Waals surface area contributed by atoms with E-state index >= 15 is 0 Å². The highest BCUT2D eigenvalue weighted by Crippen LogP contribution is 1.93. The molecule has 0 aromatic heterocycles. The van der Waals surface area contributed by atoms with E-state index in [0.29, 0.717) is 0 Å². The molecule has 4 N–H and O–H groups in total. The first kappa shape index (κ1) is 20.8. The summed E-state index contributed by atoms with van der Waals surface area (Å²) in [4.78, 5) is 0. The third kappa shape index (κ3) is 19.8. The molecular weight excluding hydrogens is 260 g/mol. The Hall–Kier alpha value is -0.160. The summed E-state index contributed by atoms with van der Waals surface area (Å²) in [6.07, 6.45) is 9.14.